The van der Waals surface area contributed by atoms with E-state index < -0.39 is 5.97 Å². The summed E-state index contributed by atoms with van der Waals surface area (Å²) in [6, 6.07) is 0. The largest absolute Gasteiger partial charge is 0.481 e. The number of nitrogens with zero attached hydrogens (tertiary/aromatic N) is 2. The summed E-state index contributed by atoms with van der Waals surface area (Å²) in [6.45, 7) is 7.33. The zero-order valence-corrected chi connectivity index (χ0v) is 24.0. The standard InChI is InChI=1S/C33H44N2O4/c1-5-24-11-6-7-13-28(24)29-16-15-25(20-27(29)22-38-4)32-34-31(35-39-32)26-12-9-19-33(3,21-26)18-8-10-23(2)14-17-30(36)37/h6-7,9,11-12,15-16,21,23,27-28H,5,8,10,13-14,17-20,22H2,1-4H3,(H,36,37). The summed E-state index contributed by atoms with van der Waals surface area (Å²) in [4.78, 5) is 15.7. The van der Waals surface area contributed by atoms with Gasteiger partial charge >= 0.3 is 5.97 Å². The van der Waals surface area contributed by atoms with Crippen molar-refractivity contribution in [2.75, 3.05) is 13.7 Å². The Balaban J connectivity index is 1.45. The van der Waals surface area contributed by atoms with E-state index in [-0.39, 0.29) is 17.8 Å². The van der Waals surface area contributed by atoms with E-state index in [0.717, 1.165) is 62.5 Å². The fraction of sp³-hybridized carbons (Fsp3) is 0.545. The highest BCUT2D eigenvalue weighted by Crippen LogP contribution is 2.41. The lowest BCUT2D eigenvalue weighted by Crippen LogP contribution is -2.22. The Morgan fingerprint density at radius 1 is 1.26 bits per heavy atom. The van der Waals surface area contributed by atoms with Gasteiger partial charge in [0.15, 0.2) is 0 Å². The number of aromatic nitrogens is 2. The second-order valence-corrected chi connectivity index (χ2v) is 11.7. The van der Waals surface area contributed by atoms with Crippen molar-refractivity contribution in [1.82, 2.24) is 10.1 Å². The van der Waals surface area contributed by atoms with Crippen molar-refractivity contribution in [3.63, 3.8) is 0 Å². The van der Waals surface area contributed by atoms with E-state index in [1.807, 2.05) is 0 Å². The molecule has 1 heterocycles. The molecule has 1 N–H and O–H groups in total. The molecule has 0 amide bonds. The third-order valence-electron chi connectivity index (χ3n) is 8.50. The van der Waals surface area contributed by atoms with Gasteiger partial charge in [-0.05, 0) is 49.9 Å². The lowest BCUT2D eigenvalue weighted by Gasteiger charge is -2.31. The van der Waals surface area contributed by atoms with Gasteiger partial charge in [-0.25, -0.2) is 0 Å². The van der Waals surface area contributed by atoms with Gasteiger partial charge in [0.25, 0.3) is 5.89 Å². The van der Waals surface area contributed by atoms with Gasteiger partial charge in [-0.3, -0.25) is 4.79 Å². The van der Waals surface area contributed by atoms with Crippen LogP contribution >= 0.6 is 0 Å². The second-order valence-electron chi connectivity index (χ2n) is 11.7. The zero-order valence-electron chi connectivity index (χ0n) is 24.0. The van der Waals surface area contributed by atoms with Crippen molar-refractivity contribution in [2.45, 2.75) is 78.6 Å². The maximum absolute atomic E-state index is 10.8. The molecule has 3 aliphatic rings. The van der Waals surface area contributed by atoms with Crippen LogP contribution in [0.25, 0.3) is 11.1 Å². The molecule has 1 aromatic rings. The highest BCUT2D eigenvalue weighted by atomic mass is 16.5. The van der Waals surface area contributed by atoms with E-state index in [1.54, 1.807) is 7.11 Å². The van der Waals surface area contributed by atoms with Gasteiger partial charge in [-0.1, -0.05) is 98.5 Å². The number of hydrogen-bond donors (Lipinski definition) is 1. The molecule has 1 aromatic heterocycles. The molecule has 4 unspecified atom stereocenters. The van der Waals surface area contributed by atoms with Crippen LogP contribution in [-0.4, -0.2) is 34.9 Å². The average molecular weight is 533 g/mol. The molecule has 6 nitrogen and oxygen atoms in total. The molecule has 3 aliphatic carbocycles. The molecule has 210 valence electrons. The Hall–Kier alpha value is -2.99. The van der Waals surface area contributed by atoms with Crippen molar-refractivity contribution in [3.05, 3.63) is 71.5 Å². The van der Waals surface area contributed by atoms with Crippen LogP contribution in [0.3, 0.4) is 0 Å². The summed E-state index contributed by atoms with van der Waals surface area (Å²) in [5.41, 5.74) is 5.01. The normalized spacial score (nSPS) is 25.5. The maximum atomic E-state index is 10.8. The lowest BCUT2D eigenvalue weighted by atomic mass is 9.74. The van der Waals surface area contributed by atoms with Crippen molar-refractivity contribution < 1.29 is 19.2 Å². The van der Waals surface area contributed by atoms with Crippen LogP contribution in [0.15, 0.2) is 64.3 Å². The fourth-order valence-electron chi connectivity index (χ4n) is 6.18. The van der Waals surface area contributed by atoms with E-state index in [9.17, 15) is 4.79 Å². The molecule has 39 heavy (non-hydrogen) atoms. The van der Waals surface area contributed by atoms with E-state index >= 15 is 0 Å². The summed E-state index contributed by atoms with van der Waals surface area (Å²) < 4.78 is 11.4. The molecular weight excluding hydrogens is 488 g/mol. The van der Waals surface area contributed by atoms with Gasteiger partial charge in [-0.15, -0.1) is 0 Å². The Morgan fingerprint density at radius 2 is 2.10 bits per heavy atom. The predicted molar refractivity (Wildman–Crippen MR) is 156 cm³/mol. The molecule has 0 saturated heterocycles. The molecule has 0 fully saturated rings. The topological polar surface area (TPSA) is 85.5 Å². The highest BCUT2D eigenvalue weighted by Gasteiger charge is 2.30. The lowest BCUT2D eigenvalue weighted by molar-refractivity contribution is -0.137. The minimum atomic E-state index is -0.711. The van der Waals surface area contributed by atoms with Crippen LogP contribution < -0.4 is 0 Å². The van der Waals surface area contributed by atoms with Crippen molar-refractivity contribution in [1.29, 1.82) is 0 Å². The Morgan fingerprint density at radius 3 is 2.87 bits per heavy atom. The summed E-state index contributed by atoms with van der Waals surface area (Å²) in [7, 11) is 1.77. The molecule has 0 bridgehead atoms. The molecule has 0 aliphatic heterocycles. The van der Waals surface area contributed by atoms with Gasteiger partial charge in [-0.2, -0.15) is 4.98 Å². The number of allylic oxidation sites excluding steroid dienone is 11. The molecule has 0 spiro atoms. The van der Waals surface area contributed by atoms with Crippen LogP contribution in [0.4, 0.5) is 0 Å². The minimum absolute atomic E-state index is 0.0294. The van der Waals surface area contributed by atoms with Crippen molar-refractivity contribution >= 4 is 17.1 Å². The molecule has 0 saturated carbocycles. The quantitative estimate of drug-likeness (QED) is 0.277. The highest BCUT2D eigenvalue weighted by molar-refractivity contribution is 5.72. The number of ether oxygens (including phenoxy) is 1. The van der Waals surface area contributed by atoms with E-state index in [2.05, 4.69) is 74.5 Å². The first-order chi connectivity index (χ1) is 18.8. The predicted octanol–water partition coefficient (Wildman–Crippen LogP) is 7.98. The fourth-order valence-corrected chi connectivity index (χ4v) is 6.18. The number of hydrogen-bond acceptors (Lipinski definition) is 5. The SMILES string of the molecule is CCC1=CC=CCC1C1=CC=C(c2nc(C3=CC(C)(CCCC(C)CCC(=O)O)CC=C3)no2)CC1COC. The second kappa shape index (κ2) is 13.4. The summed E-state index contributed by atoms with van der Waals surface area (Å²) in [5, 5.41) is 13.3. The van der Waals surface area contributed by atoms with Gasteiger partial charge in [0, 0.05) is 36.5 Å². The Labute approximate surface area is 233 Å². The van der Waals surface area contributed by atoms with Crippen LogP contribution in [0.1, 0.15) is 90.3 Å². The average Bonchev–Trinajstić information content (AvgIpc) is 3.43. The number of carboxylic acid groups (broad SMARTS) is 1. The molecule has 4 rings (SSSR count). The van der Waals surface area contributed by atoms with Crippen LogP contribution in [0.5, 0.6) is 0 Å². The van der Waals surface area contributed by atoms with Crippen molar-refractivity contribution in [3.8, 4) is 0 Å². The van der Waals surface area contributed by atoms with Gasteiger partial charge < -0.3 is 14.4 Å². The zero-order chi connectivity index (χ0) is 27.8. The third-order valence-corrected chi connectivity index (χ3v) is 8.50. The van der Waals surface area contributed by atoms with Crippen molar-refractivity contribution in [2.24, 2.45) is 23.2 Å². The molecule has 6 heteroatoms. The smallest absolute Gasteiger partial charge is 0.303 e. The van der Waals surface area contributed by atoms with E-state index in [0.29, 0.717) is 30.2 Å². The first-order valence-electron chi connectivity index (χ1n) is 14.5. The Kier molecular flexibility index (Phi) is 9.95. The number of rotatable bonds is 13. The van der Waals surface area contributed by atoms with E-state index in [4.69, 9.17) is 19.4 Å². The summed E-state index contributed by atoms with van der Waals surface area (Å²) in [5.74, 6) is 1.65. The van der Waals surface area contributed by atoms with Crippen LogP contribution in [-0.2, 0) is 9.53 Å². The summed E-state index contributed by atoms with van der Waals surface area (Å²) >= 11 is 0. The third kappa shape index (κ3) is 7.57. The minimum Gasteiger partial charge on any atom is -0.481 e. The molecule has 4 atom stereocenters. The summed E-state index contributed by atoms with van der Waals surface area (Å²) in [6.07, 6.45) is 25.8. The van der Waals surface area contributed by atoms with Gasteiger partial charge in [0.1, 0.15) is 0 Å². The first kappa shape index (κ1) is 29.0. The monoisotopic (exact) mass is 532 g/mol. The first-order valence-corrected chi connectivity index (χ1v) is 14.5. The molecule has 0 aromatic carbocycles. The number of methoxy groups -OCH3 is 1. The van der Waals surface area contributed by atoms with E-state index in [1.165, 1.54) is 11.1 Å². The maximum Gasteiger partial charge on any atom is 0.303 e. The van der Waals surface area contributed by atoms with Gasteiger partial charge in [0.2, 0.25) is 5.82 Å². The Bertz CT molecular complexity index is 1200. The van der Waals surface area contributed by atoms with Crippen LogP contribution in [0.2, 0.25) is 0 Å². The number of carboxylic acids is 1. The van der Waals surface area contributed by atoms with Gasteiger partial charge in [0.05, 0.1) is 6.61 Å². The number of aliphatic carboxylic acids is 1. The molecule has 0 radical (unpaired) electrons. The number of carbonyl (C=O) groups is 1. The molecular formula is C33H44N2O4. The van der Waals surface area contributed by atoms with Crippen LogP contribution in [0, 0.1) is 23.2 Å².